The van der Waals surface area contributed by atoms with Crippen molar-refractivity contribution in [2.24, 2.45) is 10.9 Å². The van der Waals surface area contributed by atoms with Gasteiger partial charge in [-0.2, -0.15) is 0 Å². The van der Waals surface area contributed by atoms with Crippen LogP contribution in [0.4, 0.5) is 11.5 Å². The number of nitro benzene ring substituents is 1. The van der Waals surface area contributed by atoms with Crippen LogP contribution in [-0.2, 0) is 9.53 Å². The lowest BCUT2D eigenvalue weighted by Crippen LogP contribution is -2.36. The largest absolute Gasteiger partial charge is 0.476 e. The Bertz CT molecular complexity index is 964. The molecule has 1 N–H and O–H groups in total. The molecule has 1 aromatic carbocycles. The number of carbonyl (C=O) groups excluding carboxylic acids is 1. The topological polar surface area (TPSA) is 137 Å². The van der Waals surface area contributed by atoms with Gasteiger partial charge in [-0.05, 0) is 19.4 Å². The summed E-state index contributed by atoms with van der Waals surface area (Å²) in [5, 5.41) is 20.5. The van der Waals surface area contributed by atoms with Crippen LogP contribution >= 0.6 is 0 Å². The van der Waals surface area contributed by atoms with E-state index in [1.54, 1.807) is 19.9 Å². The summed E-state index contributed by atoms with van der Waals surface area (Å²) in [6.07, 6.45) is 1.27. The molecule has 2 heterocycles. The Morgan fingerprint density at radius 1 is 1.41 bits per heavy atom. The number of esters is 1. The van der Waals surface area contributed by atoms with Crippen LogP contribution in [0.2, 0.25) is 0 Å². The monoisotopic (exact) mass is 372 g/mol. The summed E-state index contributed by atoms with van der Waals surface area (Å²) in [4.78, 5) is 42.7. The first kappa shape index (κ1) is 18.2. The lowest BCUT2D eigenvalue weighted by Gasteiger charge is -2.31. The normalized spacial score (nSPS) is 18.4. The summed E-state index contributed by atoms with van der Waals surface area (Å²) < 4.78 is 6.59. The summed E-state index contributed by atoms with van der Waals surface area (Å²) >= 11 is 0. The number of benzene rings is 1. The zero-order valence-electron chi connectivity index (χ0n) is 14.5. The molecule has 0 spiro atoms. The molecule has 10 heteroatoms. The smallest absolute Gasteiger partial charge is 0.358 e. The fourth-order valence-electron chi connectivity index (χ4n) is 3.15. The molecular weight excluding hydrogens is 356 g/mol. The van der Waals surface area contributed by atoms with Crippen LogP contribution in [0.3, 0.4) is 0 Å². The first-order chi connectivity index (χ1) is 12.8. The molecule has 0 saturated carbocycles. The molecule has 1 aliphatic heterocycles. The molecule has 3 rings (SSSR count). The number of nitro groups is 1. The summed E-state index contributed by atoms with van der Waals surface area (Å²) in [6, 6.07) is 5.05. The van der Waals surface area contributed by atoms with E-state index >= 15 is 0 Å². The number of hydrogen-bond donors (Lipinski definition) is 1. The zero-order chi connectivity index (χ0) is 19.7. The first-order valence-corrected chi connectivity index (χ1v) is 8.11. The van der Waals surface area contributed by atoms with Gasteiger partial charge < -0.3 is 14.4 Å². The lowest BCUT2D eigenvalue weighted by molar-refractivity contribution is -0.384. The van der Waals surface area contributed by atoms with Crippen molar-refractivity contribution in [3.63, 3.8) is 0 Å². The van der Waals surface area contributed by atoms with E-state index < -0.39 is 28.8 Å². The second kappa shape index (κ2) is 6.98. The average Bonchev–Trinajstić information content (AvgIpc) is 3.04. The third-order valence-electron chi connectivity index (χ3n) is 4.28. The van der Waals surface area contributed by atoms with Gasteiger partial charge in [0.2, 0.25) is 0 Å². The highest BCUT2D eigenvalue weighted by Gasteiger charge is 2.40. The Hall–Kier alpha value is -3.56. The highest BCUT2D eigenvalue weighted by Crippen LogP contribution is 2.39. The van der Waals surface area contributed by atoms with E-state index in [1.807, 2.05) is 0 Å². The van der Waals surface area contributed by atoms with Crippen LogP contribution in [0.25, 0.3) is 0 Å². The van der Waals surface area contributed by atoms with Gasteiger partial charge in [0, 0.05) is 17.8 Å². The SMILES string of the molecule is CCOC(=O)C1C(C)=Nc2c(C(=O)O)ncn2C1c1cccc([N+](=O)[O-])c1. The van der Waals surface area contributed by atoms with Crippen LogP contribution in [0.15, 0.2) is 35.6 Å². The van der Waals surface area contributed by atoms with E-state index in [1.165, 1.54) is 29.1 Å². The molecule has 0 fully saturated rings. The van der Waals surface area contributed by atoms with Crippen molar-refractivity contribution in [1.29, 1.82) is 0 Å². The standard InChI is InChI=1S/C17H16N4O6/c1-3-27-17(24)12-9(2)19-15-13(16(22)23)18-8-20(15)14(12)10-5-4-6-11(7-10)21(25)26/h4-8,12,14H,3H2,1-2H3,(H,22,23). The third kappa shape index (κ3) is 3.16. The van der Waals surface area contributed by atoms with Crippen LogP contribution in [0.5, 0.6) is 0 Å². The minimum Gasteiger partial charge on any atom is -0.476 e. The average molecular weight is 372 g/mol. The summed E-state index contributed by atoms with van der Waals surface area (Å²) in [5.74, 6) is -2.59. The maximum atomic E-state index is 12.6. The maximum absolute atomic E-state index is 12.6. The van der Waals surface area contributed by atoms with Crippen LogP contribution < -0.4 is 0 Å². The van der Waals surface area contributed by atoms with Crippen LogP contribution in [0, 0.1) is 16.0 Å². The molecule has 140 valence electrons. The summed E-state index contributed by atoms with van der Waals surface area (Å²) in [6.45, 7) is 3.41. The summed E-state index contributed by atoms with van der Waals surface area (Å²) in [5.41, 5.74) is 0.398. The number of carbonyl (C=O) groups is 2. The number of aromatic nitrogens is 2. The van der Waals surface area contributed by atoms with Gasteiger partial charge >= 0.3 is 11.9 Å². The van der Waals surface area contributed by atoms with Gasteiger partial charge in [-0.1, -0.05) is 12.1 Å². The number of ether oxygens (including phenoxy) is 1. The number of fused-ring (bicyclic) bond motifs is 1. The fourth-order valence-corrected chi connectivity index (χ4v) is 3.15. The second-order valence-corrected chi connectivity index (χ2v) is 5.91. The predicted octanol–water partition coefficient (Wildman–Crippen LogP) is 2.36. The van der Waals surface area contributed by atoms with E-state index in [4.69, 9.17) is 4.74 Å². The molecular formula is C17H16N4O6. The number of carboxylic acids is 1. The summed E-state index contributed by atoms with van der Waals surface area (Å²) in [7, 11) is 0. The predicted molar refractivity (Wildman–Crippen MR) is 93.3 cm³/mol. The Morgan fingerprint density at radius 3 is 2.78 bits per heavy atom. The van der Waals surface area contributed by atoms with Gasteiger partial charge in [-0.3, -0.25) is 14.9 Å². The first-order valence-electron chi connectivity index (χ1n) is 8.11. The van der Waals surface area contributed by atoms with Crippen molar-refractivity contribution >= 4 is 29.2 Å². The molecule has 0 aliphatic carbocycles. The molecule has 0 amide bonds. The second-order valence-electron chi connectivity index (χ2n) is 5.91. The Labute approximate surface area is 153 Å². The van der Waals surface area contributed by atoms with E-state index in [0.29, 0.717) is 11.3 Å². The number of rotatable bonds is 5. The molecule has 2 aromatic rings. The lowest BCUT2D eigenvalue weighted by atomic mass is 9.87. The molecule has 2 unspecified atom stereocenters. The number of aromatic carboxylic acids is 1. The molecule has 27 heavy (non-hydrogen) atoms. The Kier molecular flexibility index (Phi) is 4.72. The van der Waals surface area contributed by atoms with E-state index in [0.717, 1.165) is 0 Å². The van der Waals surface area contributed by atoms with E-state index in [2.05, 4.69) is 9.98 Å². The van der Waals surface area contributed by atoms with Crippen LogP contribution in [-0.4, -0.2) is 43.8 Å². The van der Waals surface area contributed by atoms with Crippen molar-refractivity contribution < 1.29 is 24.4 Å². The molecule has 10 nitrogen and oxygen atoms in total. The highest BCUT2D eigenvalue weighted by molar-refractivity contribution is 6.05. The Morgan fingerprint density at radius 2 is 2.15 bits per heavy atom. The van der Waals surface area contributed by atoms with Crippen molar-refractivity contribution in [2.75, 3.05) is 6.61 Å². The van der Waals surface area contributed by atoms with Crippen molar-refractivity contribution in [2.45, 2.75) is 19.9 Å². The van der Waals surface area contributed by atoms with Crippen molar-refractivity contribution in [3.05, 3.63) is 52.0 Å². The molecule has 0 bridgehead atoms. The van der Waals surface area contributed by atoms with Crippen LogP contribution in [0.1, 0.15) is 35.9 Å². The maximum Gasteiger partial charge on any atom is 0.358 e. The van der Waals surface area contributed by atoms with Gasteiger partial charge in [0.1, 0.15) is 5.92 Å². The van der Waals surface area contributed by atoms with Gasteiger partial charge in [-0.15, -0.1) is 0 Å². The molecule has 2 atom stereocenters. The molecule has 0 radical (unpaired) electrons. The number of aliphatic imine (C=N–C) groups is 1. The number of carboxylic acid groups (broad SMARTS) is 1. The van der Waals surface area contributed by atoms with E-state index in [9.17, 15) is 24.8 Å². The third-order valence-corrected chi connectivity index (χ3v) is 4.28. The van der Waals surface area contributed by atoms with Gasteiger partial charge in [0.05, 0.1) is 23.9 Å². The number of imidazole rings is 1. The minimum atomic E-state index is -1.26. The minimum absolute atomic E-state index is 0.0806. The van der Waals surface area contributed by atoms with Gasteiger partial charge in [0.25, 0.3) is 5.69 Å². The number of hydrogen-bond acceptors (Lipinski definition) is 7. The molecule has 0 saturated heterocycles. The Balaban J connectivity index is 2.21. The molecule has 1 aromatic heterocycles. The van der Waals surface area contributed by atoms with Crippen molar-refractivity contribution in [3.8, 4) is 0 Å². The quantitative estimate of drug-likeness (QED) is 0.483. The van der Waals surface area contributed by atoms with Gasteiger partial charge in [-0.25, -0.2) is 14.8 Å². The number of non-ortho nitro benzene ring substituents is 1. The molecule has 1 aliphatic rings. The fraction of sp³-hybridized carbons (Fsp3) is 0.294. The van der Waals surface area contributed by atoms with E-state index in [-0.39, 0.29) is 23.8 Å². The zero-order valence-corrected chi connectivity index (χ0v) is 14.5. The highest BCUT2D eigenvalue weighted by atomic mass is 16.6. The van der Waals surface area contributed by atoms with Gasteiger partial charge in [0.15, 0.2) is 11.5 Å². The van der Waals surface area contributed by atoms with Crippen molar-refractivity contribution in [1.82, 2.24) is 9.55 Å². The number of nitrogens with zero attached hydrogens (tertiary/aromatic N) is 4.